The molecule has 2 aromatic carbocycles. The van der Waals surface area contributed by atoms with E-state index in [1.165, 1.54) is 44.6 Å². The number of anilines is 1. The van der Waals surface area contributed by atoms with Crippen molar-refractivity contribution in [3.8, 4) is 11.5 Å². The molecule has 2 aromatic rings. The van der Waals surface area contributed by atoms with Gasteiger partial charge in [0.15, 0.2) is 0 Å². The summed E-state index contributed by atoms with van der Waals surface area (Å²) in [7, 11) is -0.877. The maximum atomic E-state index is 12.4. The summed E-state index contributed by atoms with van der Waals surface area (Å²) < 4.78 is 37.4. The third-order valence-corrected chi connectivity index (χ3v) is 4.36. The van der Waals surface area contributed by atoms with E-state index in [4.69, 9.17) is 9.47 Å². The number of aliphatic imine (C=N–C) groups is 1. The fraction of sp³-hybridized carbons (Fsp3) is 0.133. The molecule has 0 heterocycles. The molecule has 0 bridgehead atoms. The summed E-state index contributed by atoms with van der Waals surface area (Å²) in [6.07, 6.45) is 1.39. The molecule has 0 fully saturated rings. The van der Waals surface area contributed by atoms with Gasteiger partial charge in [-0.2, -0.15) is 4.99 Å². The standard InChI is InChI=1S/C15H14N2O5S/c1-21-12-5-8-14(15(9-12)22-2)17-23(19,20)13-6-3-11(4-7-13)16-10-18/h3-9,17H,1-2H3. The Morgan fingerprint density at radius 3 is 2.30 bits per heavy atom. The number of rotatable bonds is 6. The lowest BCUT2D eigenvalue weighted by molar-refractivity contribution is 0.395. The van der Waals surface area contributed by atoms with Gasteiger partial charge in [0.25, 0.3) is 10.0 Å². The van der Waals surface area contributed by atoms with Gasteiger partial charge in [-0.05, 0) is 36.4 Å². The van der Waals surface area contributed by atoms with Gasteiger partial charge in [0.05, 0.1) is 30.5 Å². The molecule has 0 spiro atoms. The summed E-state index contributed by atoms with van der Waals surface area (Å²) in [5.74, 6) is 0.871. The van der Waals surface area contributed by atoms with Crippen LogP contribution in [0.15, 0.2) is 52.4 Å². The maximum Gasteiger partial charge on any atom is 0.262 e. The Kier molecular flexibility index (Phi) is 5.00. The van der Waals surface area contributed by atoms with Gasteiger partial charge in [-0.15, -0.1) is 0 Å². The molecule has 120 valence electrons. The highest BCUT2D eigenvalue weighted by Gasteiger charge is 2.17. The normalized spacial score (nSPS) is 10.5. The predicted octanol–water partition coefficient (Wildman–Crippen LogP) is 2.47. The zero-order valence-corrected chi connectivity index (χ0v) is 13.3. The van der Waals surface area contributed by atoms with Crippen LogP contribution in [0, 0.1) is 0 Å². The number of nitrogens with one attached hydrogen (secondary N) is 1. The van der Waals surface area contributed by atoms with Gasteiger partial charge < -0.3 is 9.47 Å². The van der Waals surface area contributed by atoms with Gasteiger partial charge in [-0.3, -0.25) is 4.72 Å². The van der Waals surface area contributed by atoms with E-state index in [-0.39, 0.29) is 10.6 Å². The molecule has 0 aliphatic rings. The van der Waals surface area contributed by atoms with Crippen LogP contribution < -0.4 is 14.2 Å². The molecule has 0 amide bonds. The van der Waals surface area contributed by atoms with Gasteiger partial charge in [0, 0.05) is 6.07 Å². The quantitative estimate of drug-likeness (QED) is 0.647. The van der Waals surface area contributed by atoms with Crippen molar-refractivity contribution in [2.45, 2.75) is 4.90 Å². The second-order valence-corrected chi connectivity index (χ2v) is 6.05. The molecule has 0 aromatic heterocycles. The Hall–Kier alpha value is -2.83. The molecule has 8 heteroatoms. The third-order valence-electron chi connectivity index (χ3n) is 2.97. The second-order valence-electron chi connectivity index (χ2n) is 4.37. The first-order valence-corrected chi connectivity index (χ1v) is 7.91. The molecule has 0 saturated heterocycles. The lowest BCUT2D eigenvalue weighted by atomic mass is 10.3. The fourth-order valence-electron chi connectivity index (χ4n) is 1.84. The Balaban J connectivity index is 2.32. The lowest BCUT2D eigenvalue weighted by Gasteiger charge is -2.13. The Labute approximate surface area is 133 Å². The van der Waals surface area contributed by atoms with Crippen molar-refractivity contribution in [1.29, 1.82) is 0 Å². The number of ether oxygens (including phenoxy) is 2. The number of carbonyl (C=O) groups excluding carboxylic acids is 1. The molecule has 0 radical (unpaired) electrons. The zero-order valence-electron chi connectivity index (χ0n) is 12.4. The van der Waals surface area contributed by atoms with Crippen LogP contribution in [-0.2, 0) is 14.8 Å². The fourth-order valence-corrected chi connectivity index (χ4v) is 2.91. The largest absolute Gasteiger partial charge is 0.497 e. The van der Waals surface area contributed by atoms with Crippen LogP contribution in [0.3, 0.4) is 0 Å². The van der Waals surface area contributed by atoms with E-state index in [2.05, 4.69) is 9.71 Å². The van der Waals surface area contributed by atoms with Crippen molar-refractivity contribution in [2.75, 3.05) is 18.9 Å². The van der Waals surface area contributed by atoms with Crippen LogP contribution >= 0.6 is 0 Å². The Morgan fingerprint density at radius 1 is 1.04 bits per heavy atom. The summed E-state index contributed by atoms with van der Waals surface area (Å²) in [5, 5.41) is 0. The Morgan fingerprint density at radius 2 is 1.74 bits per heavy atom. The van der Waals surface area contributed by atoms with Gasteiger partial charge >= 0.3 is 0 Å². The number of nitrogens with zero attached hydrogens (tertiary/aromatic N) is 1. The smallest absolute Gasteiger partial charge is 0.262 e. The number of isocyanates is 1. The van der Waals surface area contributed by atoms with E-state index in [0.29, 0.717) is 17.2 Å². The number of sulfonamides is 1. The van der Waals surface area contributed by atoms with Gasteiger partial charge in [-0.25, -0.2) is 13.2 Å². The first-order chi connectivity index (χ1) is 11.0. The Bertz CT molecular complexity index is 841. The van der Waals surface area contributed by atoms with Crippen molar-refractivity contribution in [1.82, 2.24) is 0 Å². The summed E-state index contributed by atoms with van der Waals surface area (Å²) >= 11 is 0. The minimum atomic E-state index is -3.81. The lowest BCUT2D eigenvalue weighted by Crippen LogP contribution is -2.13. The molecular formula is C15H14N2O5S. The van der Waals surface area contributed by atoms with Crippen molar-refractivity contribution in [2.24, 2.45) is 4.99 Å². The van der Waals surface area contributed by atoms with Crippen LogP contribution in [0.1, 0.15) is 0 Å². The first-order valence-electron chi connectivity index (χ1n) is 6.43. The van der Waals surface area contributed by atoms with E-state index in [1.54, 1.807) is 18.2 Å². The number of hydrogen-bond acceptors (Lipinski definition) is 6. The molecule has 0 aliphatic heterocycles. The zero-order chi connectivity index (χ0) is 16.9. The number of benzene rings is 2. The van der Waals surface area contributed by atoms with Crippen LogP contribution in [0.25, 0.3) is 0 Å². The molecule has 23 heavy (non-hydrogen) atoms. The van der Waals surface area contributed by atoms with E-state index in [1.807, 2.05) is 0 Å². The molecule has 0 atom stereocenters. The maximum absolute atomic E-state index is 12.4. The molecular weight excluding hydrogens is 320 g/mol. The summed E-state index contributed by atoms with van der Waals surface area (Å²) in [6.45, 7) is 0. The molecule has 2 rings (SSSR count). The average Bonchev–Trinajstić information content (AvgIpc) is 2.55. The number of methoxy groups -OCH3 is 2. The van der Waals surface area contributed by atoms with Crippen LogP contribution in [0.4, 0.5) is 11.4 Å². The minimum absolute atomic E-state index is 0.0280. The predicted molar refractivity (Wildman–Crippen MR) is 84.6 cm³/mol. The SMILES string of the molecule is COc1ccc(NS(=O)(=O)c2ccc(N=C=O)cc2)c(OC)c1. The van der Waals surface area contributed by atoms with Gasteiger partial charge in [0.1, 0.15) is 11.5 Å². The minimum Gasteiger partial charge on any atom is -0.497 e. The number of hydrogen-bond donors (Lipinski definition) is 1. The summed E-state index contributed by atoms with van der Waals surface area (Å²) in [5.41, 5.74) is 0.601. The van der Waals surface area contributed by atoms with Crippen molar-refractivity contribution in [3.05, 3.63) is 42.5 Å². The van der Waals surface area contributed by atoms with Gasteiger partial charge in [-0.1, -0.05) is 0 Å². The topological polar surface area (TPSA) is 94.1 Å². The molecule has 1 N–H and O–H groups in total. The van der Waals surface area contributed by atoms with Crippen LogP contribution in [0.5, 0.6) is 11.5 Å². The molecule has 0 saturated carbocycles. The monoisotopic (exact) mass is 334 g/mol. The third kappa shape index (κ3) is 3.88. The second kappa shape index (κ2) is 6.95. The van der Waals surface area contributed by atoms with E-state index < -0.39 is 10.0 Å². The molecule has 0 unspecified atom stereocenters. The van der Waals surface area contributed by atoms with Crippen LogP contribution in [-0.4, -0.2) is 28.7 Å². The van der Waals surface area contributed by atoms with Crippen molar-refractivity contribution >= 4 is 27.5 Å². The van der Waals surface area contributed by atoms with Crippen molar-refractivity contribution in [3.63, 3.8) is 0 Å². The molecule has 0 aliphatic carbocycles. The highest BCUT2D eigenvalue weighted by Crippen LogP contribution is 2.31. The van der Waals surface area contributed by atoms with Gasteiger partial charge in [0.2, 0.25) is 6.08 Å². The average molecular weight is 334 g/mol. The summed E-state index contributed by atoms with van der Waals surface area (Å²) in [6, 6.07) is 10.2. The summed E-state index contributed by atoms with van der Waals surface area (Å²) in [4.78, 5) is 13.6. The van der Waals surface area contributed by atoms with E-state index in [9.17, 15) is 13.2 Å². The first kappa shape index (κ1) is 16.5. The van der Waals surface area contributed by atoms with E-state index >= 15 is 0 Å². The van der Waals surface area contributed by atoms with E-state index in [0.717, 1.165) is 0 Å². The van der Waals surface area contributed by atoms with Crippen LogP contribution in [0.2, 0.25) is 0 Å². The highest BCUT2D eigenvalue weighted by atomic mass is 32.2. The van der Waals surface area contributed by atoms with Crippen molar-refractivity contribution < 1.29 is 22.7 Å². The molecule has 7 nitrogen and oxygen atoms in total. The highest BCUT2D eigenvalue weighted by molar-refractivity contribution is 7.92.